The topological polar surface area (TPSA) is 61.6 Å². The molecule has 1 aliphatic rings. The molecule has 0 bridgehead atoms. The van der Waals surface area contributed by atoms with Crippen LogP contribution in [0.15, 0.2) is 18.2 Å². The summed E-state index contributed by atoms with van der Waals surface area (Å²) in [4.78, 5) is 16.8. The fraction of sp³-hybridized carbons (Fsp3) is 0.533. The van der Waals surface area contributed by atoms with Gasteiger partial charge in [0.1, 0.15) is 5.82 Å². The molecule has 1 heterocycles. The lowest BCUT2D eigenvalue weighted by atomic mass is 10.1. The lowest BCUT2D eigenvalue weighted by molar-refractivity contribution is -0.121. The Labute approximate surface area is 124 Å². The molecule has 0 saturated carbocycles. The molecule has 2 atom stereocenters. The highest BCUT2D eigenvalue weighted by Crippen LogP contribution is 2.20. The number of nitrogen functional groups attached to an aromatic ring is 1. The van der Waals surface area contributed by atoms with Crippen LogP contribution in [0.5, 0.6) is 0 Å². The van der Waals surface area contributed by atoms with Crippen molar-refractivity contribution in [3.8, 4) is 0 Å². The molecule has 116 valence electrons. The van der Waals surface area contributed by atoms with Crippen molar-refractivity contribution in [2.75, 3.05) is 37.7 Å². The largest absolute Gasteiger partial charge is 0.397 e. The molecule has 5 nitrogen and oxygen atoms in total. The SMILES string of the molecule is CC1CN(C(C)C(=O)Nc2ccc(F)cc2N)CCN1C. The van der Waals surface area contributed by atoms with Gasteiger partial charge in [0.15, 0.2) is 0 Å². The lowest BCUT2D eigenvalue weighted by Gasteiger charge is -2.40. The van der Waals surface area contributed by atoms with Gasteiger partial charge in [-0.3, -0.25) is 9.69 Å². The Balaban J connectivity index is 1.99. The zero-order valence-electron chi connectivity index (χ0n) is 12.8. The molecule has 0 aliphatic carbocycles. The molecular weight excluding hydrogens is 271 g/mol. The van der Waals surface area contributed by atoms with Crippen molar-refractivity contribution < 1.29 is 9.18 Å². The van der Waals surface area contributed by atoms with Crippen molar-refractivity contribution in [2.24, 2.45) is 0 Å². The molecule has 2 unspecified atom stereocenters. The van der Waals surface area contributed by atoms with Crippen LogP contribution in [0.2, 0.25) is 0 Å². The van der Waals surface area contributed by atoms with Crippen LogP contribution in [0, 0.1) is 5.82 Å². The highest BCUT2D eigenvalue weighted by molar-refractivity contribution is 5.97. The summed E-state index contributed by atoms with van der Waals surface area (Å²) in [7, 11) is 2.09. The molecule has 1 amide bonds. The number of hydrogen-bond acceptors (Lipinski definition) is 4. The third-order valence-electron chi connectivity index (χ3n) is 4.19. The van der Waals surface area contributed by atoms with E-state index in [-0.39, 0.29) is 17.6 Å². The molecule has 0 aromatic heterocycles. The number of piperazine rings is 1. The molecule has 3 N–H and O–H groups in total. The number of nitrogens with zero attached hydrogens (tertiary/aromatic N) is 2. The van der Waals surface area contributed by atoms with Crippen molar-refractivity contribution in [1.82, 2.24) is 9.80 Å². The summed E-state index contributed by atoms with van der Waals surface area (Å²) in [6.45, 7) is 6.68. The van der Waals surface area contributed by atoms with Crippen molar-refractivity contribution in [3.63, 3.8) is 0 Å². The minimum absolute atomic E-state index is 0.120. The van der Waals surface area contributed by atoms with Crippen LogP contribution in [0.3, 0.4) is 0 Å². The number of hydrogen-bond donors (Lipinski definition) is 2. The van der Waals surface area contributed by atoms with Crippen molar-refractivity contribution in [2.45, 2.75) is 25.9 Å². The van der Waals surface area contributed by atoms with Crippen LogP contribution >= 0.6 is 0 Å². The van der Waals surface area contributed by atoms with Gasteiger partial charge in [-0.15, -0.1) is 0 Å². The van der Waals surface area contributed by atoms with E-state index in [2.05, 4.69) is 29.1 Å². The maximum Gasteiger partial charge on any atom is 0.241 e. The van der Waals surface area contributed by atoms with Gasteiger partial charge in [0, 0.05) is 25.7 Å². The zero-order valence-corrected chi connectivity index (χ0v) is 12.8. The van der Waals surface area contributed by atoms with E-state index in [9.17, 15) is 9.18 Å². The second-order valence-electron chi connectivity index (χ2n) is 5.72. The van der Waals surface area contributed by atoms with Gasteiger partial charge in [0.25, 0.3) is 0 Å². The Morgan fingerprint density at radius 3 is 2.81 bits per heavy atom. The average Bonchev–Trinajstić information content (AvgIpc) is 2.44. The van der Waals surface area contributed by atoms with E-state index >= 15 is 0 Å². The first-order valence-corrected chi connectivity index (χ1v) is 7.18. The summed E-state index contributed by atoms with van der Waals surface area (Å²) in [5.74, 6) is -0.531. The highest BCUT2D eigenvalue weighted by atomic mass is 19.1. The number of anilines is 2. The van der Waals surface area contributed by atoms with E-state index in [0.717, 1.165) is 19.6 Å². The van der Waals surface area contributed by atoms with Gasteiger partial charge in [-0.05, 0) is 39.1 Å². The lowest BCUT2D eigenvalue weighted by Crippen LogP contribution is -2.55. The number of nitrogens with two attached hydrogens (primary N) is 1. The zero-order chi connectivity index (χ0) is 15.6. The maximum atomic E-state index is 13.0. The fourth-order valence-corrected chi connectivity index (χ4v) is 2.48. The van der Waals surface area contributed by atoms with Crippen molar-refractivity contribution >= 4 is 17.3 Å². The Morgan fingerprint density at radius 1 is 1.48 bits per heavy atom. The van der Waals surface area contributed by atoms with E-state index < -0.39 is 5.82 Å². The Morgan fingerprint density at radius 2 is 2.19 bits per heavy atom. The molecule has 2 rings (SSSR count). The molecule has 6 heteroatoms. The van der Waals surface area contributed by atoms with E-state index in [1.165, 1.54) is 18.2 Å². The number of benzene rings is 1. The molecule has 1 aromatic carbocycles. The highest BCUT2D eigenvalue weighted by Gasteiger charge is 2.28. The van der Waals surface area contributed by atoms with E-state index in [1.54, 1.807) is 0 Å². The standard InChI is InChI=1S/C15H23FN4O/c1-10-9-20(7-6-19(10)3)11(2)15(21)18-14-5-4-12(16)8-13(14)17/h4-5,8,10-11H,6-7,9,17H2,1-3H3,(H,18,21). The van der Waals surface area contributed by atoms with E-state index in [0.29, 0.717) is 11.7 Å². The molecule has 1 fully saturated rings. The Kier molecular flexibility index (Phi) is 4.80. The summed E-state index contributed by atoms with van der Waals surface area (Å²) in [6.07, 6.45) is 0. The van der Waals surface area contributed by atoms with Crippen molar-refractivity contribution in [1.29, 1.82) is 0 Å². The Bertz CT molecular complexity index is 522. The average molecular weight is 294 g/mol. The number of carbonyl (C=O) groups is 1. The third-order valence-corrected chi connectivity index (χ3v) is 4.19. The molecule has 0 radical (unpaired) electrons. The van der Waals surface area contributed by atoms with Gasteiger partial charge in [-0.25, -0.2) is 4.39 Å². The molecule has 1 aromatic rings. The van der Waals surface area contributed by atoms with Crippen LogP contribution < -0.4 is 11.1 Å². The monoisotopic (exact) mass is 294 g/mol. The molecule has 1 saturated heterocycles. The van der Waals surface area contributed by atoms with Gasteiger partial charge in [-0.2, -0.15) is 0 Å². The first kappa shape index (κ1) is 15.7. The summed E-state index contributed by atoms with van der Waals surface area (Å²) >= 11 is 0. The van der Waals surface area contributed by atoms with Crippen LogP contribution in [0.25, 0.3) is 0 Å². The number of amides is 1. The molecule has 21 heavy (non-hydrogen) atoms. The second-order valence-corrected chi connectivity index (χ2v) is 5.72. The van der Waals surface area contributed by atoms with E-state index in [1.807, 2.05) is 6.92 Å². The van der Waals surface area contributed by atoms with Crippen LogP contribution in [-0.4, -0.2) is 54.5 Å². The van der Waals surface area contributed by atoms with Gasteiger partial charge in [-0.1, -0.05) is 0 Å². The van der Waals surface area contributed by atoms with Crippen LogP contribution in [0.1, 0.15) is 13.8 Å². The number of nitrogens with one attached hydrogen (secondary N) is 1. The summed E-state index contributed by atoms with van der Waals surface area (Å²) < 4.78 is 13.0. The summed E-state index contributed by atoms with van der Waals surface area (Å²) in [6, 6.07) is 4.16. The molecule has 1 aliphatic heterocycles. The minimum atomic E-state index is -0.411. The van der Waals surface area contributed by atoms with Gasteiger partial charge in [0.2, 0.25) is 5.91 Å². The van der Waals surface area contributed by atoms with E-state index in [4.69, 9.17) is 5.73 Å². The predicted octanol–water partition coefficient (Wildman–Crippen LogP) is 1.37. The number of halogens is 1. The fourth-order valence-electron chi connectivity index (χ4n) is 2.48. The normalized spacial score (nSPS) is 22.0. The van der Waals surface area contributed by atoms with Crippen molar-refractivity contribution in [3.05, 3.63) is 24.0 Å². The van der Waals surface area contributed by atoms with Crippen LogP contribution in [-0.2, 0) is 4.79 Å². The predicted molar refractivity (Wildman–Crippen MR) is 82.6 cm³/mol. The van der Waals surface area contributed by atoms with Gasteiger partial charge in [0.05, 0.1) is 17.4 Å². The summed E-state index contributed by atoms with van der Waals surface area (Å²) in [5, 5.41) is 2.77. The van der Waals surface area contributed by atoms with Gasteiger partial charge >= 0.3 is 0 Å². The van der Waals surface area contributed by atoms with Gasteiger partial charge < -0.3 is 16.0 Å². The third kappa shape index (κ3) is 3.71. The number of carbonyl (C=O) groups excluding carboxylic acids is 1. The smallest absolute Gasteiger partial charge is 0.241 e. The maximum absolute atomic E-state index is 13.0. The number of likely N-dealkylation sites (N-methyl/N-ethyl adjacent to an activating group) is 1. The number of rotatable bonds is 3. The summed E-state index contributed by atoms with van der Waals surface area (Å²) in [5.41, 5.74) is 6.41. The molecular formula is C15H23FN4O. The minimum Gasteiger partial charge on any atom is -0.397 e. The Hall–Kier alpha value is -1.66. The first-order chi connectivity index (χ1) is 9.88. The van der Waals surface area contributed by atoms with Crippen LogP contribution in [0.4, 0.5) is 15.8 Å². The molecule has 0 spiro atoms. The quantitative estimate of drug-likeness (QED) is 0.827. The first-order valence-electron chi connectivity index (χ1n) is 7.18. The second kappa shape index (κ2) is 6.41.